The molecule has 1 N–H and O–H groups in total. The van der Waals surface area contributed by atoms with Crippen molar-refractivity contribution in [3.63, 3.8) is 0 Å². The molecule has 0 aliphatic rings. The van der Waals surface area contributed by atoms with Crippen LogP contribution in [0.4, 0.5) is 11.6 Å². The summed E-state index contributed by atoms with van der Waals surface area (Å²) in [6.45, 7) is 3.55. The Morgan fingerprint density at radius 2 is 1.69 bits per heavy atom. The number of para-hydroxylation sites is 1. The van der Waals surface area contributed by atoms with Crippen LogP contribution in [0.3, 0.4) is 0 Å². The number of allylic oxidation sites excluding steroid dienone is 1. The van der Waals surface area contributed by atoms with Gasteiger partial charge in [-0.25, -0.2) is 9.97 Å². The molecule has 9 heteroatoms. The van der Waals surface area contributed by atoms with Crippen molar-refractivity contribution in [2.45, 2.75) is 6.42 Å². The summed E-state index contributed by atoms with van der Waals surface area (Å²) in [4.78, 5) is 21.1. The fraction of sp³-hybridized carbons (Fsp3) is 0.148. The molecule has 0 saturated carbocycles. The van der Waals surface area contributed by atoms with Gasteiger partial charge in [0.05, 0.1) is 42.6 Å². The number of carbonyl (C=O) groups excluding carboxylic acids is 1. The Hall–Kier alpha value is -3.81. The first-order valence-electron chi connectivity index (χ1n) is 10.9. The van der Waals surface area contributed by atoms with Crippen LogP contribution in [-0.4, -0.2) is 37.1 Å². The number of ether oxygens (including phenoxy) is 3. The monoisotopic (exact) mass is 523 g/mol. The van der Waals surface area contributed by atoms with Gasteiger partial charge in [0.25, 0.3) is 0 Å². The predicted molar refractivity (Wildman–Crippen MR) is 143 cm³/mol. The molecule has 4 aromatic rings. The second-order valence-electron chi connectivity index (χ2n) is 7.72. The van der Waals surface area contributed by atoms with E-state index in [4.69, 9.17) is 37.4 Å². The highest BCUT2D eigenvalue weighted by atomic mass is 35.5. The number of halogens is 2. The van der Waals surface area contributed by atoms with E-state index in [2.05, 4.69) is 21.9 Å². The van der Waals surface area contributed by atoms with Gasteiger partial charge in [0.2, 0.25) is 5.95 Å². The number of fused-ring (bicyclic) bond motifs is 1. The zero-order valence-corrected chi connectivity index (χ0v) is 21.4. The van der Waals surface area contributed by atoms with Crippen molar-refractivity contribution in [2.75, 3.05) is 26.6 Å². The van der Waals surface area contributed by atoms with Gasteiger partial charge >= 0.3 is 0 Å². The Labute approximate surface area is 218 Å². The lowest BCUT2D eigenvalue weighted by Gasteiger charge is -2.16. The first-order chi connectivity index (χ1) is 17.4. The number of nitrogens with one attached hydrogen (secondary N) is 1. The van der Waals surface area contributed by atoms with Crippen molar-refractivity contribution in [1.29, 1.82) is 0 Å². The van der Waals surface area contributed by atoms with Gasteiger partial charge in [-0.15, -0.1) is 0 Å². The molecule has 0 aliphatic heterocycles. The molecule has 0 fully saturated rings. The number of benzene rings is 3. The average molecular weight is 524 g/mol. The summed E-state index contributed by atoms with van der Waals surface area (Å²) in [5.41, 5.74) is 3.40. The van der Waals surface area contributed by atoms with E-state index in [1.54, 1.807) is 25.4 Å². The number of hydrogen-bond acceptors (Lipinski definition) is 7. The minimum absolute atomic E-state index is 0.107. The molecule has 184 valence electrons. The second-order valence-corrected chi connectivity index (χ2v) is 8.47. The molecular formula is C27H23Cl2N3O4. The first-order valence-corrected chi connectivity index (χ1v) is 11.6. The standard InChI is InChI=1S/C27H23Cl2N3O4/c1-5-18(33)12-16-7-6-8-20(34-2)26(16)32-27-30-14-17-11-15(9-10-19(17)31-27)23-24(28)21(35-3)13-22(36-4)25(23)29/h5-11,13-14H,1,12H2,2-4H3,(H,30,31,32). The van der Waals surface area contributed by atoms with Crippen LogP contribution in [0.2, 0.25) is 10.0 Å². The molecule has 0 saturated heterocycles. The Balaban J connectivity index is 1.73. The Morgan fingerprint density at radius 1 is 1.00 bits per heavy atom. The maximum atomic E-state index is 12.0. The number of carbonyl (C=O) groups is 1. The zero-order valence-electron chi connectivity index (χ0n) is 19.9. The summed E-state index contributed by atoms with van der Waals surface area (Å²) < 4.78 is 16.3. The minimum atomic E-state index is -0.107. The van der Waals surface area contributed by atoms with E-state index in [0.29, 0.717) is 50.0 Å². The molecule has 3 aromatic carbocycles. The van der Waals surface area contributed by atoms with Gasteiger partial charge in [-0.2, -0.15) is 0 Å². The number of nitrogens with zero attached hydrogens (tertiary/aromatic N) is 2. The van der Waals surface area contributed by atoms with Crippen molar-refractivity contribution in [3.8, 4) is 28.4 Å². The SMILES string of the molecule is C=CC(=O)Cc1cccc(OC)c1Nc1ncc2cc(-c3c(Cl)c(OC)cc(OC)c3Cl)ccc2n1. The molecule has 36 heavy (non-hydrogen) atoms. The fourth-order valence-corrected chi connectivity index (χ4v) is 4.51. The number of methoxy groups -OCH3 is 3. The van der Waals surface area contributed by atoms with Crippen molar-refractivity contribution >= 4 is 51.5 Å². The third-order valence-electron chi connectivity index (χ3n) is 5.60. The summed E-state index contributed by atoms with van der Waals surface area (Å²) in [6.07, 6.45) is 3.16. The molecule has 0 atom stereocenters. The molecule has 0 amide bonds. The molecule has 0 spiro atoms. The van der Waals surface area contributed by atoms with Crippen molar-refractivity contribution < 1.29 is 19.0 Å². The molecule has 7 nitrogen and oxygen atoms in total. The van der Waals surface area contributed by atoms with Gasteiger partial charge in [-0.05, 0) is 35.4 Å². The normalized spacial score (nSPS) is 10.7. The average Bonchev–Trinajstić information content (AvgIpc) is 2.89. The topological polar surface area (TPSA) is 82.6 Å². The fourth-order valence-electron chi connectivity index (χ4n) is 3.80. The summed E-state index contributed by atoms with van der Waals surface area (Å²) in [5.74, 6) is 1.72. The molecule has 0 radical (unpaired) electrons. The van der Waals surface area contributed by atoms with E-state index in [1.807, 2.05) is 30.3 Å². The van der Waals surface area contributed by atoms with Crippen LogP contribution in [0.25, 0.3) is 22.0 Å². The van der Waals surface area contributed by atoms with Gasteiger partial charge in [-0.1, -0.05) is 48.0 Å². The highest BCUT2D eigenvalue weighted by Crippen LogP contribution is 2.46. The number of anilines is 2. The van der Waals surface area contributed by atoms with E-state index in [1.165, 1.54) is 20.3 Å². The molecule has 1 heterocycles. The second kappa shape index (κ2) is 10.8. The summed E-state index contributed by atoms with van der Waals surface area (Å²) in [6, 6.07) is 12.7. The number of hydrogen-bond donors (Lipinski definition) is 1. The van der Waals surface area contributed by atoms with Crippen LogP contribution in [0.5, 0.6) is 17.2 Å². The molecule has 1 aromatic heterocycles. The van der Waals surface area contributed by atoms with E-state index in [0.717, 1.165) is 16.5 Å². The van der Waals surface area contributed by atoms with Gasteiger partial charge in [0.15, 0.2) is 5.78 Å². The van der Waals surface area contributed by atoms with Crippen LogP contribution < -0.4 is 19.5 Å². The minimum Gasteiger partial charge on any atom is -0.495 e. The predicted octanol–water partition coefficient (Wildman–Crippen LogP) is 6.67. The molecule has 4 rings (SSSR count). The van der Waals surface area contributed by atoms with E-state index in [9.17, 15) is 4.79 Å². The van der Waals surface area contributed by atoms with Crippen LogP contribution >= 0.6 is 23.2 Å². The molecule has 0 unspecified atom stereocenters. The third kappa shape index (κ3) is 4.94. The maximum absolute atomic E-state index is 12.0. The Bertz CT molecular complexity index is 1450. The smallest absolute Gasteiger partial charge is 0.227 e. The summed E-state index contributed by atoms with van der Waals surface area (Å²) >= 11 is 13.2. The van der Waals surface area contributed by atoms with Crippen molar-refractivity contribution in [2.24, 2.45) is 0 Å². The van der Waals surface area contributed by atoms with E-state index in [-0.39, 0.29) is 12.2 Å². The van der Waals surface area contributed by atoms with Crippen LogP contribution in [0.15, 0.2) is 61.3 Å². The molecule has 0 bridgehead atoms. The number of aromatic nitrogens is 2. The van der Waals surface area contributed by atoms with Crippen LogP contribution in [0, 0.1) is 0 Å². The van der Waals surface area contributed by atoms with Crippen molar-refractivity contribution in [1.82, 2.24) is 9.97 Å². The van der Waals surface area contributed by atoms with Crippen LogP contribution in [0.1, 0.15) is 5.56 Å². The molecular weight excluding hydrogens is 501 g/mol. The highest BCUT2D eigenvalue weighted by Gasteiger charge is 2.19. The zero-order chi connectivity index (χ0) is 25.8. The van der Waals surface area contributed by atoms with Gasteiger partial charge in [0, 0.05) is 29.6 Å². The van der Waals surface area contributed by atoms with E-state index < -0.39 is 0 Å². The molecule has 0 aliphatic carbocycles. The Morgan fingerprint density at radius 3 is 2.33 bits per heavy atom. The van der Waals surface area contributed by atoms with Crippen molar-refractivity contribution in [3.05, 3.63) is 76.9 Å². The third-order valence-corrected chi connectivity index (χ3v) is 6.35. The maximum Gasteiger partial charge on any atom is 0.227 e. The lowest BCUT2D eigenvalue weighted by molar-refractivity contribution is -0.114. The Kier molecular flexibility index (Phi) is 7.62. The number of ketones is 1. The van der Waals surface area contributed by atoms with Gasteiger partial charge in [0.1, 0.15) is 17.2 Å². The van der Waals surface area contributed by atoms with Crippen LogP contribution in [-0.2, 0) is 11.2 Å². The lowest BCUT2D eigenvalue weighted by Crippen LogP contribution is -2.06. The quantitative estimate of drug-likeness (QED) is 0.245. The van der Waals surface area contributed by atoms with E-state index >= 15 is 0 Å². The summed E-state index contributed by atoms with van der Waals surface area (Å²) in [7, 11) is 4.62. The lowest BCUT2D eigenvalue weighted by atomic mass is 10.0. The largest absolute Gasteiger partial charge is 0.495 e. The van der Waals surface area contributed by atoms with Gasteiger partial charge < -0.3 is 19.5 Å². The summed E-state index contributed by atoms with van der Waals surface area (Å²) in [5, 5.41) is 4.72. The number of rotatable bonds is 9. The highest BCUT2D eigenvalue weighted by molar-refractivity contribution is 6.41. The first kappa shape index (κ1) is 25.3. The van der Waals surface area contributed by atoms with Gasteiger partial charge in [-0.3, -0.25) is 4.79 Å².